The van der Waals surface area contributed by atoms with Gasteiger partial charge in [0.15, 0.2) is 0 Å². The molecule has 0 unspecified atom stereocenters. The number of nitrogens with zero attached hydrogens (tertiary/aromatic N) is 2. The van der Waals surface area contributed by atoms with Crippen LogP contribution in [-0.4, -0.2) is 9.38 Å². The lowest BCUT2D eigenvalue weighted by atomic mass is 9.95. The summed E-state index contributed by atoms with van der Waals surface area (Å²) in [6.07, 6.45) is 7.17. The molecule has 0 atom stereocenters. The summed E-state index contributed by atoms with van der Waals surface area (Å²) in [6, 6.07) is 2.17. The minimum atomic E-state index is 0.125. The molecule has 3 nitrogen and oxygen atoms in total. The lowest BCUT2D eigenvalue weighted by molar-refractivity contribution is 0.659. The van der Waals surface area contributed by atoms with E-state index in [9.17, 15) is 0 Å². The summed E-state index contributed by atoms with van der Waals surface area (Å²) in [6.45, 7) is 6.44. The molecule has 0 bridgehead atoms. The smallest absolute Gasteiger partial charge is 0.138 e. The van der Waals surface area contributed by atoms with Crippen LogP contribution in [0.3, 0.4) is 0 Å². The van der Waals surface area contributed by atoms with E-state index in [1.54, 1.807) is 0 Å². The van der Waals surface area contributed by atoms with Crippen molar-refractivity contribution < 1.29 is 0 Å². The maximum atomic E-state index is 6.29. The Labute approximate surface area is 128 Å². The van der Waals surface area contributed by atoms with Gasteiger partial charge in [-0.3, -0.25) is 4.40 Å². The van der Waals surface area contributed by atoms with E-state index >= 15 is 0 Å². The van der Waals surface area contributed by atoms with E-state index in [2.05, 4.69) is 58.3 Å². The van der Waals surface area contributed by atoms with E-state index in [0.717, 1.165) is 17.2 Å². The molecule has 20 heavy (non-hydrogen) atoms. The van der Waals surface area contributed by atoms with E-state index in [1.165, 1.54) is 36.8 Å². The molecule has 2 aromatic heterocycles. The number of anilines is 1. The monoisotopic (exact) mass is 335 g/mol. The van der Waals surface area contributed by atoms with Crippen molar-refractivity contribution in [1.29, 1.82) is 0 Å². The van der Waals surface area contributed by atoms with Crippen LogP contribution in [0.5, 0.6) is 0 Å². The number of rotatable bonds is 2. The van der Waals surface area contributed by atoms with Gasteiger partial charge in [0.25, 0.3) is 0 Å². The number of aromatic nitrogens is 2. The minimum Gasteiger partial charge on any atom is -0.383 e. The molecule has 2 N–H and O–H groups in total. The number of imidazole rings is 1. The summed E-state index contributed by atoms with van der Waals surface area (Å²) in [5.41, 5.74) is 10.9. The van der Waals surface area contributed by atoms with Crippen molar-refractivity contribution in [2.75, 3.05) is 5.73 Å². The molecular formula is C16H22BrN3. The molecular weight excluding hydrogens is 314 g/mol. The second-order valence-electron chi connectivity index (χ2n) is 6.31. The molecule has 1 aliphatic rings. The van der Waals surface area contributed by atoms with Crippen molar-refractivity contribution in [2.24, 2.45) is 0 Å². The van der Waals surface area contributed by atoms with Crippen molar-refractivity contribution in [3.8, 4) is 0 Å². The van der Waals surface area contributed by atoms with Gasteiger partial charge in [0.2, 0.25) is 0 Å². The Hall–Kier alpha value is -1.03. The number of aryl methyl sites for hydroxylation is 1. The fraction of sp³-hybridized carbons (Fsp3) is 0.562. The van der Waals surface area contributed by atoms with Gasteiger partial charge in [-0.15, -0.1) is 0 Å². The normalized spacial score (nSPS) is 18.2. The van der Waals surface area contributed by atoms with Gasteiger partial charge in [-0.2, -0.15) is 0 Å². The molecule has 3 rings (SSSR count). The molecule has 2 heterocycles. The number of fused-ring (bicyclic) bond motifs is 1. The van der Waals surface area contributed by atoms with Crippen LogP contribution >= 0.6 is 15.9 Å². The zero-order chi connectivity index (χ0) is 14.5. The highest BCUT2D eigenvalue weighted by atomic mass is 79.9. The zero-order valence-electron chi connectivity index (χ0n) is 12.4. The maximum Gasteiger partial charge on any atom is 0.138 e. The van der Waals surface area contributed by atoms with Gasteiger partial charge < -0.3 is 5.73 Å². The predicted molar refractivity (Wildman–Crippen MR) is 87.5 cm³/mol. The van der Waals surface area contributed by atoms with Gasteiger partial charge in [0.1, 0.15) is 11.5 Å². The Morgan fingerprint density at radius 1 is 1.35 bits per heavy atom. The first-order chi connectivity index (χ1) is 9.42. The number of hydrogen-bond donors (Lipinski definition) is 1. The van der Waals surface area contributed by atoms with Gasteiger partial charge in [-0.1, -0.05) is 42.6 Å². The standard InChI is InChI=1S/C16H22BrN3/c1-10(2)14-15(18)20-9-12(11(3)8-13(20)19-14)16(17)6-4-5-7-16/h8-10H,4-7,18H2,1-3H3. The van der Waals surface area contributed by atoms with Crippen molar-refractivity contribution in [2.45, 2.75) is 56.7 Å². The molecule has 4 heteroatoms. The second-order valence-corrected chi connectivity index (χ2v) is 7.83. The van der Waals surface area contributed by atoms with Gasteiger partial charge in [0.05, 0.1) is 10.0 Å². The highest BCUT2D eigenvalue weighted by Gasteiger charge is 2.34. The van der Waals surface area contributed by atoms with Crippen LogP contribution in [-0.2, 0) is 4.32 Å². The summed E-state index contributed by atoms with van der Waals surface area (Å²) in [5, 5.41) is 0. The third-order valence-corrected chi connectivity index (χ3v) is 5.68. The maximum absolute atomic E-state index is 6.29. The molecule has 0 aliphatic heterocycles. The average molecular weight is 336 g/mol. The van der Waals surface area contributed by atoms with Crippen molar-refractivity contribution >= 4 is 27.4 Å². The highest BCUT2D eigenvalue weighted by molar-refractivity contribution is 9.09. The first-order valence-electron chi connectivity index (χ1n) is 7.40. The summed E-state index contributed by atoms with van der Waals surface area (Å²) in [7, 11) is 0. The third kappa shape index (κ3) is 2.05. The Bertz CT molecular complexity index is 651. The summed E-state index contributed by atoms with van der Waals surface area (Å²) < 4.78 is 2.18. The lowest BCUT2D eigenvalue weighted by Crippen LogP contribution is -2.15. The first-order valence-corrected chi connectivity index (χ1v) is 8.19. The number of nitrogens with two attached hydrogens (primary N) is 1. The zero-order valence-corrected chi connectivity index (χ0v) is 14.0. The summed E-state index contributed by atoms with van der Waals surface area (Å²) in [4.78, 5) is 4.69. The first kappa shape index (κ1) is 13.9. The number of nitrogen functional groups attached to an aromatic ring is 1. The summed E-state index contributed by atoms with van der Waals surface area (Å²) in [5.74, 6) is 1.13. The largest absolute Gasteiger partial charge is 0.383 e. The van der Waals surface area contributed by atoms with Crippen LogP contribution in [0.2, 0.25) is 0 Å². The van der Waals surface area contributed by atoms with Gasteiger partial charge in [-0.05, 0) is 42.9 Å². The Kier molecular flexibility index (Phi) is 3.32. The number of pyridine rings is 1. The molecule has 1 fully saturated rings. The van der Waals surface area contributed by atoms with E-state index in [-0.39, 0.29) is 4.32 Å². The van der Waals surface area contributed by atoms with Crippen LogP contribution in [0.4, 0.5) is 5.82 Å². The van der Waals surface area contributed by atoms with Gasteiger partial charge in [0, 0.05) is 6.20 Å². The molecule has 0 spiro atoms. The van der Waals surface area contributed by atoms with Crippen molar-refractivity contribution in [3.63, 3.8) is 0 Å². The Morgan fingerprint density at radius 2 is 2.00 bits per heavy atom. The molecule has 2 aromatic rings. The quantitative estimate of drug-likeness (QED) is 0.820. The van der Waals surface area contributed by atoms with E-state index in [0.29, 0.717) is 5.92 Å². The average Bonchev–Trinajstić information content (AvgIpc) is 2.94. The van der Waals surface area contributed by atoms with Crippen LogP contribution < -0.4 is 5.73 Å². The van der Waals surface area contributed by atoms with Crippen molar-refractivity contribution in [1.82, 2.24) is 9.38 Å². The van der Waals surface area contributed by atoms with Crippen LogP contribution in [0.1, 0.15) is 62.3 Å². The Balaban J connectivity index is 2.20. The van der Waals surface area contributed by atoms with Crippen LogP contribution in [0.15, 0.2) is 12.3 Å². The third-order valence-electron chi connectivity index (χ3n) is 4.46. The predicted octanol–water partition coefficient (Wildman–Crippen LogP) is 4.51. The van der Waals surface area contributed by atoms with Crippen molar-refractivity contribution in [3.05, 3.63) is 29.1 Å². The summed E-state index contributed by atoms with van der Waals surface area (Å²) >= 11 is 3.98. The molecule has 0 radical (unpaired) electrons. The fourth-order valence-corrected chi connectivity index (χ4v) is 4.30. The molecule has 108 valence electrons. The van der Waals surface area contributed by atoms with E-state index < -0.39 is 0 Å². The number of halogens is 1. The second kappa shape index (κ2) is 4.76. The fourth-order valence-electron chi connectivity index (χ4n) is 3.32. The van der Waals surface area contributed by atoms with Crippen LogP contribution in [0, 0.1) is 6.92 Å². The van der Waals surface area contributed by atoms with Gasteiger partial charge in [-0.25, -0.2) is 4.98 Å². The van der Waals surface area contributed by atoms with E-state index in [1.807, 2.05) is 0 Å². The minimum absolute atomic E-state index is 0.125. The number of hydrogen-bond acceptors (Lipinski definition) is 2. The topological polar surface area (TPSA) is 43.3 Å². The molecule has 1 aliphatic carbocycles. The lowest BCUT2D eigenvalue weighted by Gasteiger charge is -2.24. The molecule has 0 saturated heterocycles. The van der Waals surface area contributed by atoms with E-state index in [4.69, 9.17) is 5.73 Å². The molecule has 0 aromatic carbocycles. The highest BCUT2D eigenvalue weighted by Crippen LogP contribution is 2.47. The van der Waals surface area contributed by atoms with Crippen LogP contribution in [0.25, 0.3) is 5.65 Å². The SMILES string of the molecule is Cc1cc2nc(C(C)C)c(N)n2cc1C1(Br)CCCC1. The Morgan fingerprint density at radius 3 is 2.60 bits per heavy atom. The molecule has 1 saturated carbocycles. The number of alkyl halides is 1. The van der Waals surface area contributed by atoms with Gasteiger partial charge >= 0.3 is 0 Å². The molecule has 0 amide bonds.